The first kappa shape index (κ1) is 9.99. The van der Waals surface area contributed by atoms with Crippen LogP contribution in [0.3, 0.4) is 0 Å². The van der Waals surface area contributed by atoms with E-state index in [1.807, 2.05) is 19.1 Å². The Labute approximate surface area is 82.0 Å². The molecule has 0 unspecified atom stereocenters. The zero-order valence-electron chi connectivity index (χ0n) is 7.40. The van der Waals surface area contributed by atoms with Crippen molar-refractivity contribution in [3.8, 4) is 0 Å². The van der Waals surface area contributed by atoms with Gasteiger partial charge in [0.15, 0.2) is 6.29 Å². The van der Waals surface area contributed by atoms with Crippen molar-refractivity contribution in [1.29, 1.82) is 0 Å². The zero-order chi connectivity index (χ0) is 9.68. The molecule has 1 heterocycles. The molecule has 0 aromatic carbocycles. The fraction of sp³-hybridized carbons (Fsp3) is 0.333. The Hall–Kier alpha value is -1.09. The molecule has 1 aromatic rings. The Morgan fingerprint density at radius 3 is 3.00 bits per heavy atom. The Balaban J connectivity index is 2.74. The summed E-state index contributed by atoms with van der Waals surface area (Å²) in [4.78, 5) is 10.6. The molecule has 0 aliphatic carbocycles. The monoisotopic (exact) mass is 198 g/mol. The standard InChI is InChI=1S/C9H11ClN2O/c1-8-6-9(7-13)12(11-8)5-3-2-4-10/h2-3,6-7H,4-5H2,1H3. The molecule has 0 fully saturated rings. The Kier molecular flexibility index (Phi) is 3.71. The van der Waals surface area contributed by atoms with E-state index in [9.17, 15) is 4.79 Å². The fourth-order valence-electron chi connectivity index (χ4n) is 1.04. The third kappa shape index (κ3) is 2.70. The molecule has 0 atom stereocenters. The van der Waals surface area contributed by atoms with Gasteiger partial charge in [-0.15, -0.1) is 11.6 Å². The Morgan fingerprint density at radius 2 is 2.38 bits per heavy atom. The van der Waals surface area contributed by atoms with Crippen LogP contribution in [-0.2, 0) is 6.54 Å². The molecule has 0 amide bonds. The molecular formula is C9H11ClN2O. The molecule has 0 saturated carbocycles. The summed E-state index contributed by atoms with van der Waals surface area (Å²) < 4.78 is 1.64. The van der Waals surface area contributed by atoms with Gasteiger partial charge in [-0.2, -0.15) is 5.10 Å². The summed E-state index contributed by atoms with van der Waals surface area (Å²) in [6.07, 6.45) is 4.51. The highest BCUT2D eigenvalue weighted by Crippen LogP contribution is 2.00. The van der Waals surface area contributed by atoms with Crippen LogP contribution in [-0.4, -0.2) is 21.9 Å². The van der Waals surface area contributed by atoms with E-state index in [1.54, 1.807) is 10.7 Å². The number of aryl methyl sites for hydroxylation is 1. The van der Waals surface area contributed by atoms with Gasteiger partial charge in [-0.25, -0.2) is 0 Å². The summed E-state index contributed by atoms with van der Waals surface area (Å²) in [5, 5.41) is 4.14. The van der Waals surface area contributed by atoms with E-state index in [1.165, 1.54) is 0 Å². The van der Waals surface area contributed by atoms with Crippen molar-refractivity contribution >= 4 is 17.9 Å². The maximum Gasteiger partial charge on any atom is 0.168 e. The van der Waals surface area contributed by atoms with Crippen LogP contribution in [0.25, 0.3) is 0 Å². The minimum Gasteiger partial charge on any atom is -0.296 e. The van der Waals surface area contributed by atoms with Gasteiger partial charge in [-0.05, 0) is 13.0 Å². The van der Waals surface area contributed by atoms with E-state index in [-0.39, 0.29) is 0 Å². The lowest BCUT2D eigenvalue weighted by atomic mass is 10.4. The maximum absolute atomic E-state index is 10.6. The predicted molar refractivity (Wildman–Crippen MR) is 52.2 cm³/mol. The van der Waals surface area contributed by atoms with Crippen molar-refractivity contribution in [2.75, 3.05) is 5.88 Å². The smallest absolute Gasteiger partial charge is 0.168 e. The van der Waals surface area contributed by atoms with Gasteiger partial charge in [0.1, 0.15) is 5.69 Å². The topological polar surface area (TPSA) is 34.9 Å². The Morgan fingerprint density at radius 1 is 1.62 bits per heavy atom. The van der Waals surface area contributed by atoms with E-state index in [0.29, 0.717) is 18.1 Å². The van der Waals surface area contributed by atoms with Crippen molar-refractivity contribution in [2.45, 2.75) is 13.5 Å². The number of nitrogens with zero attached hydrogens (tertiary/aromatic N) is 2. The Bertz CT molecular complexity index is 317. The number of carbonyl (C=O) groups excluding carboxylic acids is 1. The largest absolute Gasteiger partial charge is 0.296 e. The van der Waals surface area contributed by atoms with Crippen LogP contribution < -0.4 is 0 Å². The number of aldehydes is 1. The molecule has 4 heteroatoms. The lowest BCUT2D eigenvalue weighted by Crippen LogP contribution is -2.02. The minimum absolute atomic E-state index is 0.483. The number of allylic oxidation sites excluding steroid dienone is 2. The van der Waals surface area contributed by atoms with Crippen LogP contribution in [0.2, 0.25) is 0 Å². The quantitative estimate of drug-likeness (QED) is 0.420. The molecule has 1 rings (SSSR count). The van der Waals surface area contributed by atoms with E-state index >= 15 is 0 Å². The summed E-state index contributed by atoms with van der Waals surface area (Å²) in [5.41, 5.74) is 1.44. The van der Waals surface area contributed by atoms with Gasteiger partial charge in [-0.3, -0.25) is 9.48 Å². The van der Waals surface area contributed by atoms with Gasteiger partial charge in [0.25, 0.3) is 0 Å². The van der Waals surface area contributed by atoms with Crippen molar-refractivity contribution in [3.63, 3.8) is 0 Å². The van der Waals surface area contributed by atoms with Crippen molar-refractivity contribution in [1.82, 2.24) is 9.78 Å². The summed E-state index contributed by atoms with van der Waals surface area (Å²) in [5.74, 6) is 0.483. The zero-order valence-corrected chi connectivity index (χ0v) is 8.16. The molecule has 0 aliphatic heterocycles. The van der Waals surface area contributed by atoms with Gasteiger partial charge in [0, 0.05) is 5.88 Å². The molecule has 0 saturated heterocycles. The number of hydrogen-bond acceptors (Lipinski definition) is 2. The molecule has 70 valence electrons. The maximum atomic E-state index is 10.6. The lowest BCUT2D eigenvalue weighted by Gasteiger charge is -1.96. The second-order valence-electron chi connectivity index (χ2n) is 2.64. The SMILES string of the molecule is Cc1cc(C=O)n(CC=CCCl)n1. The van der Waals surface area contributed by atoms with Gasteiger partial charge >= 0.3 is 0 Å². The highest BCUT2D eigenvalue weighted by Gasteiger charge is 2.01. The summed E-state index contributed by atoms with van der Waals surface area (Å²) in [6, 6.07) is 1.75. The lowest BCUT2D eigenvalue weighted by molar-refractivity contribution is 0.111. The van der Waals surface area contributed by atoms with Crippen molar-refractivity contribution in [2.24, 2.45) is 0 Å². The van der Waals surface area contributed by atoms with Crippen LogP contribution in [0.4, 0.5) is 0 Å². The molecular weight excluding hydrogens is 188 g/mol. The van der Waals surface area contributed by atoms with Crippen LogP contribution in [0.5, 0.6) is 0 Å². The molecule has 3 nitrogen and oxygen atoms in total. The fourth-order valence-corrected chi connectivity index (χ4v) is 1.17. The highest BCUT2D eigenvalue weighted by molar-refractivity contribution is 6.18. The third-order valence-electron chi connectivity index (χ3n) is 1.59. The van der Waals surface area contributed by atoms with Crippen LogP contribution in [0.1, 0.15) is 16.2 Å². The van der Waals surface area contributed by atoms with E-state index < -0.39 is 0 Å². The van der Waals surface area contributed by atoms with E-state index in [4.69, 9.17) is 11.6 Å². The number of aromatic nitrogens is 2. The average molecular weight is 199 g/mol. The van der Waals surface area contributed by atoms with Gasteiger partial charge in [-0.1, -0.05) is 12.2 Å². The molecule has 1 aromatic heterocycles. The van der Waals surface area contributed by atoms with Crippen molar-refractivity contribution in [3.05, 3.63) is 29.6 Å². The van der Waals surface area contributed by atoms with Crippen molar-refractivity contribution < 1.29 is 4.79 Å². The van der Waals surface area contributed by atoms with Crippen LogP contribution in [0.15, 0.2) is 18.2 Å². The molecule has 0 N–H and O–H groups in total. The molecule has 0 bridgehead atoms. The molecule has 0 spiro atoms. The number of hydrogen-bond donors (Lipinski definition) is 0. The first-order valence-electron chi connectivity index (χ1n) is 3.98. The minimum atomic E-state index is 0.483. The second-order valence-corrected chi connectivity index (χ2v) is 2.94. The summed E-state index contributed by atoms with van der Waals surface area (Å²) in [6.45, 7) is 2.45. The summed E-state index contributed by atoms with van der Waals surface area (Å²) >= 11 is 5.46. The predicted octanol–water partition coefficient (Wildman–Crippen LogP) is 1.80. The van der Waals surface area contributed by atoms with Gasteiger partial charge in [0.05, 0.1) is 12.2 Å². The molecule has 13 heavy (non-hydrogen) atoms. The van der Waals surface area contributed by atoms with E-state index in [0.717, 1.165) is 12.0 Å². The molecule has 0 aliphatic rings. The highest BCUT2D eigenvalue weighted by atomic mass is 35.5. The molecule has 0 radical (unpaired) electrons. The number of alkyl halides is 1. The van der Waals surface area contributed by atoms with Gasteiger partial charge < -0.3 is 0 Å². The number of carbonyl (C=O) groups is 1. The number of rotatable bonds is 4. The first-order valence-corrected chi connectivity index (χ1v) is 4.52. The summed E-state index contributed by atoms with van der Waals surface area (Å²) in [7, 11) is 0. The van der Waals surface area contributed by atoms with Gasteiger partial charge in [0.2, 0.25) is 0 Å². The van der Waals surface area contributed by atoms with Crippen LogP contribution >= 0.6 is 11.6 Å². The average Bonchev–Trinajstić information content (AvgIpc) is 2.47. The van der Waals surface area contributed by atoms with Crippen LogP contribution in [0, 0.1) is 6.92 Å². The second kappa shape index (κ2) is 4.82. The van der Waals surface area contributed by atoms with E-state index in [2.05, 4.69) is 5.10 Å². The normalized spacial score (nSPS) is 10.9. The third-order valence-corrected chi connectivity index (χ3v) is 1.77. The first-order chi connectivity index (χ1) is 6.27. The number of halogens is 1.